The zero-order chi connectivity index (χ0) is 20.3. The molecule has 2 aromatic carbocycles. The second-order valence-corrected chi connectivity index (χ2v) is 7.00. The molecule has 1 amide bonds. The van der Waals surface area contributed by atoms with Gasteiger partial charge in [0.2, 0.25) is 5.91 Å². The summed E-state index contributed by atoms with van der Waals surface area (Å²) in [5.41, 5.74) is 4.85. The summed E-state index contributed by atoms with van der Waals surface area (Å²) >= 11 is 0. The molecule has 0 N–H and O–H groups in total. The predicted octanol–water partition coefficient (Wildman–Crippen LogP) is 4.26. The maximum atomic E-state index is 13.0. The minimum Gasteiger partial charge on any atom is -0.496 e. The summed E-state index contributed by atoms with van der Waals surface area (Å²) in [4.78, 5) is 14.8. The van der Waals surface area contributed by atoms with Crippen molar-refractivity contribution in [3.63, 3.8) is 0 Å². The van der Waals surface area contributed by atoms with Gasteiger partial charge >= 0.3 is 0 Å². The van der Waals surface area contributed by atoms with E-state index in [9.17, 15) is 4.79 Å². The normalized spacial score (nSPS) is 11.9. The van der Waals surface area contributed by atoms with Crippen molar-refractivity contribution in [2.24, 2.45) is 0 Å². The van der Waals surface area contributed by atoms with Crippen LogP contribution in [-0.4, -0.2) is 34.7 Å². The molecular weight excluding hydrogens is 350 g/mol. The predicted molar refractivity (Wildman–Crippen MR) is 111 cm³/mol. The van der Waals surface area contributed by atoms with Crippen LogP contribution >= 0.6 is 0 Å². The van der Waals surface area contributed by atoms with Crippen LogP contribution in [0.4, 0.5) is 0 Å². The van der Waals surface area contributed by atoms with Crippen LogP contribution in [0.2, 0.25) is 0 Å². The Morgan fingerprint density at radius 2 is 1.75 bits per heavy atom. The van der Waals surface area contributed by atoms with E-state index in [-0.39, 0.29) is 11.9 Å². The number of aromatic nitrogens is 2. The maximum Gasteiger partial charge on any atom is 0.227 e. The smallest absolute Gasteiger partial charge is 0.227 e. The van der Waals surface area contributed by atoms with Gasteiger partial charge in [-0.3, -0.25) is 4.79 Å². The number of carbonyl (C=O) groups is 1. The van der Waals surface area contributed by atoms with E-state index >= 15 is 0 Å². The van der Waals surface area contributed by atoms with Crippen molar-refractivity contribution < 1.29 is 9.53 Å². The summed E-state index contributed by atoms with van der Waals surface area (Å²) in [6, 6.07) is 17.7. The van der Waals surface area contributed by atoms with Gasteiger partial charge in [-0.15, -0.1) is 0 Å². The van der Waals surface area contributed by atoms with E-state index in [0.29, 0.717) is 6.42 Å². The number of carbonyl (C=O) groups excluding carboxylic acids is 1. The fourth-order valence-electron chi connectivity index (χ4n) is 3.46. The van der Waals surface area contributed by atoms with Crippen molar-refractivity contribution in [3.05, 3.63) is 77.1 Å². The summed E-state index contributed by atoms with van der Waals surface area (Å²) < 4.78 is 7.36. The van der Waals surface area contributed by atoms with Gasteiger partial charge in [-0.2, -0.15) is 5.10 Å². The number of para-hydroxylation sites is 2. The average molecular weight is 377 g/mol. The van der Waals surface area contributed by atoms with E-state index in [1.165, 1.54) is 0 Å². The van der Waals surface area contributed by atoms with Crippen molar-refractivity contribution in [2.75, 3.05) is 14.2 Å². The van der Waals surface area contributed by atoms with Crippen LogP contribution in [0.5, 0.6) is 5.75 Å². The van der Waals surface area contributed by atoms with Gasteiger partial charge in [0.1, 0.15) is 5.75 Å². The van der Waals surface area contributed by atoms with Crippen LogP contribution < -0.4 is 4.74 Å². The Hall–Kier alpha value is -3.08. The molecule has 3 aromatic rings. The van der Waals surface area contributed by atoms with Crippen molar-refractivity contribution in [3.8, 4) is 11.4 Å². The van der Waals surface area contributed by atoms with Crippen LogP contribution in [0.15, 0.2) is 54.6 Å². The van der Waals surface area contributed by atoms with Gasteiger partial charge in [-0.05, 0) is 39.0 Å². The van der Waals surface area contributed by atoms with Crippen LogP contribution in [0, 0.1) is 13.8 Å². The van der Waals surface area contributed by atoms with Crippen molar-refractivity contribution in [2.45, 2.75) is 33.2 Å². The molecule has 1 unspecified atom stereocenters. The Balaban J connectivity index is 1.82. The van der Waals surface area contributed by atoms with E-state index in [0.717, 1.165) is 34.0 Å². The molecule has 0 aliphatic carbocycles. The van der Waals surface area contributed by atoms with Crippen LogP contribution in [0.1, 0.15) is 35.5 Å². The molecule has 5 nitrogen and oxygen atoms in total. The Bertz CT molecular complexity index is 963. The van der Waals surface area contributed by atoms with Gasteiger partial charge in [0.15, 0.2) is 0 Å². The Labute approximate surface area is 166 Å². The number of benzene rings is 2. The molecule has 0 saturated carbocycles. The highest BCUT2D eigenvalue weighted by Gasteiger charge is 2.23. The lowest BCUT2D eigenvalue weighted by molar-refractivity contribution is -0.131. The molecule has 0 fully saturated rings. The highest BCUT2D eigenvalue weighted by molar-refractivity contribution is 5.79. The second kappa shape index (κ2) is 8.30. The molecule has 0 aliphatic heterocycles. The second-order valence-electron chi connectivity index (χ2n) is 7.00. The number of hydrogen-bond donors (Lipinski definition) is 0. The fourth-order valence-corrected chi connectivity index (χ4v) is 3.46. The van der Waals surface area contributed by atoms with Gasteiger partial charge in [0.05, 0.1) is 31.0 Å². The Morgan fingerprint density at radius 3 is 2.43 bits per heavy atom. The summed E-state index contributed by atoms with van der Waals surface area (Å²) in [6.07, 6.45) is 0.320. The number of hydrogen-bond acceptors (Lipinski definition) is 3. The molecule has 5 heteroatoms. The number of aryl methyl sites for hydroxylation is 1. The van der Waals surface area contributed by atoms with Crippen molar-refractivity contribution in [1.29, 1.82) is 0 Å². The number of amides is 1. The van der Waals surface area contributed by atoms with E-state index in [2.05, 4.69) is 5.10 Å². The van der Waals surface area contributed by atoms with Gasteiger partial charge in [-0.1, -0.05) is 36.4 Å². The van der Waals surface area contributed by atoms with E-state index in [1.807, 2.05) is 87.1 Å². The average Bonchev–Trinajstić information content (AvgIpc) is 3.01. The number of likely N-dealkylation sites (N-methyl/N-ethyl adjacent to an activating group) is 1. The monoisotopic (exact) mass is 377 g/mol. The minimum atomic E-state index is -0.0894. The first-order valence-electron chi connectivity index (χ1n) is 9.43. The molecule has 28 heavy (non-hydrogen) atoms. The lowest BCUT2D eigenvalue weighted by Gasteiger charge is -2.26. The largest absolute Gasteiger partial charge is 0.496 e. The number of ether oxygens (including phenoxy) is 1. The third-order valence-corrected chi connectivity index (χ3v) is 5.33. The summed E-state index contributed by atoms with van der Waals surface area (Å²) in [7, 11) is 3.49. The molecule has 1 aromatic heterocycles. The van der Waals surface area contributed by atoms with Gasteiger partial charge in [0, 0.05) is 23.9 Å². The number of nitrogens with zero attached hydrogens (tertiary/aromatic N) is 3. The Kier molecular flexibility index (Phi) is 5.83. The molecule has 0 spiro atoms. The zero-order valence-corrected chi connectivity index (χ0v) is 17.1. The molecule has 0 radical (unpaired) electrons. The summed E-state index contributed by atoms with van der Waals surface area (Å²) in [5.74, 6) is 0.844. The SMILES string of the molecule is COc1ccccc1C(C)N(C)C(=O)Cc1c(C)nn(-c2ccccc2)c1C. The standard InChI is InChI=1S/C23H27N3O2/c1-16-21(18(3)26(24-16)19-11-7-6-8-12-19)15-23(27)25(4)17(2)20-13-9-10-14-22(20)28-5/h6-14,17H,15H2,1-5H3. The van der Waals surface area contributed by atoms with Crippen LogP contribution in [0.3, 0.4) is 0 Å². The van der Waals surface area contributed by atoms with Crippen LogP contribution in [-0.2, 0) is 11.2 Å². The quantitative estimate of drug-likeness (QED) is 0.645. The van der Waals surface area contributed by atoms with Gasteiger partial charge in [-0.25, -0.2) is 4.68 Å². The first-order valence-corrected chi connectivity index (χ1v) is 9.43. The summed E-state index contributed by atoms with van der Waals surface area (Å²) in [6.45, 7) is 5.99. The number of rotatable bonds is 6. The van der Waals surface area contributed by atoms with E-state index in [1.54, 1.807) is 12.0 Å². The first-order chi connectivity index (χ1) is 13.4. The first kappa shape index (κ1) is 19.7. The molecule has 1 heterocycles. The molecule has 3 rings (SSSR count). The highest BCUT2D eigenvalue weighted by atomic mass is 16.5. The molecular formula is C23H27N3O2. The topological polar surface area (TPSA) is 47.4 Å². The van der Waals surface area contributed by atoms with Crippen LogP contribution in [0.25, 0.3) is 5.69 Å². The molecule has 1 atom stereocenters. The fraction of sp³-hybridized carbons (Fsp3) is 0.304. The molecule has 0 bridgehead atoms. The minimum absolute atomic E-state index is 0.0530. The molecule has 0 aliphatic rings. The van der Waals surface area contributed by atoms with Gasteiger partial charge in [0.25, 0.3) is 0 Å². The zero-order valence-electron chi connectivity index (χ0n) is 17.1. The number of methoxy groups -OCH3 is 1. The maximum absolute atomic E-state index is 13.0. The highest BCUT2D eigenvalue weighted by Crippen LogP contribution is 2.29. The third kappa shape index (κ3) is 3.79. The lowest BCUT2D eigenvalue weighted by Crippen LogP contribution is -2.31. The lowest BCUT2D eigenvalue weighted by atomic mass is 10.0. The molecule has 0 saturated heterocycles. The Morgan fingerprint density at radius 1 is 1.11 bits per heavy atom. The van der Waals surface area contributed by atoms with Gasteiger partial charge < -0.3 is 9.64 Å². The van der Waals surface area contributed by atoms with Crippen molar-refractivity contribution >= 4 is 5.91 Å². The van der Waals surface area contributed by atoms with E-state index < -0.39 is 0 Å². The van der Waals surface area contributed by atoms with Crippen molar-refractivity contribution in [1.82, 2.24) is 14.7 Å². The summed E-state index contributed by atoms with van der Waals surface area (Å²) in [5, 5.41) is 4.65. The van der Waals surface area contributed by atoms with E-state index in [4.69, 9.17) is 4.74 Å². The molecule has 146 valence electrons. The third-order valence-electron chi connectivity index (χ3n) is 5.33.